The molecule has 74 valence electrons. The van der Waals surface area contributed by atoms with Gasteiger partial charge in [-0.15, -0.1) is 0 Å². The largest absolute Gasteiger partial charge is 0.430 e. The van der Waals surface area contributed by atoms with Crippen LogP contribution < -0.4 is 0 Å². The van der Waals surface area contributed by atoms with Gasteiger partial charge >= 0.3 is 5.97 Å². The predicted octanol–water partition coefficient (Wildman–Crippen LogP) is 1.88. The number of rotatable bonds is 3. The monoisotopic (exact) mass is 184 g/mol. The van der Waals surface area contributed by atoms with Gasteiger partial charge in [-0.05, 0) is 13.3 Å². The third kappa shape index (κ3) is 1.91. The first-order chi connectivity index (χ1) is 5.99. The van der Waals surface area contributed by atoms with Crippen LogP contribution in [0.25, 0.3) is 0 Å². The van der Waals surface area contributed by atoms with Crippen molar-refractivity contribution in [2.24, 2.45) is 5.92 Å². The molecule has 2 unspecified atom stereocenters. The van der Waals surface area contributed by atoms with E-state index in [2.05, 4.69) is 13.5 Å². The minimum absolute atomic E-state index is 0.316. The highest BCUT2D eigenvalue weighted by Crippen LogP contribution is 2.36. The average molecular weight is 184 g/mol. The molecule has 0 aromatic heterocycles. The van der Waals surface area contributed by atoms with E-state index < -0.39 is 5.79 Å². The topological polar surface area (TPSA) is 35.5 Å². The van der Waals surface area contributed by atoms with Gasteiger partial charge in [0, 0.05) is 18.4 Å². The molecule has 1 fully saturated rings. The maximum Gasteiger partial charge on any atom is 0.335 e. The molecule has 0 amide bonds. The van der Waals surface area contributed by atoms with E-state index in [0.717, 1.165) is 6.42 Å². The second-order valence-corrected chi connectivity index (χ2v) is 3.60. The first-order valence-corrected chi connectivity index (χ1v) is 4.52. The van der Waals surface area contributed by atoms with E-state index in [9.17, 15) is 4.79 Å². The molecule has 0 spiro atoms. The van der Waals surface area contributed by atoms with Gasteiger partial charge in [-0.25, -0.2) is 4.79 Å². The smallest absolute Gasteiger partial charge is 0.335 e. The number of hydrogen-bond donors (Lipinski definition) is 0. The minimum atomic E-state index is -0.717. The maximum absolute atomic E-state index is 11.2. The van der Waals surface area contributed by atoms with E-state index >= 15 is 0 Å². The zero-order chi connectivity index (χ0) is 10.1. The summed E-state index contributed by atoms with van der Waals surface area (Å²) in [4.78, 5) is 11.2. The zero-order valence-corrected chi connectivity index (χ0v) is 8.42. The second-order valence-electron chi connectivity index (χ2n) is 3.60. The van der Waals surface area contributed by atoms with Crippen molar-refractivity contribution >= 4 is 5.97 Å². The highest BCUT2D eigenvalue weighted by atomic mass is 16.7. The Balaban J connectivity index is 2.53. The summed E-state index contributed by atoms with van der Waals surface area (Å²) in [6.45, 7) is 9.68. The van der Waals surface area contributed by atoms with Crippen molar-refractivity contribution in [1.82, 2.24) is 0 Å². The number of ether oxygens (including phenoxy) is 2. The molecule has 1 heterocycles. The zero-order valence-electron chi connectivity index (χ0n) is 8.42. The Bertz CT molecular complexity index is 232. The SMILES string of the molecule is C=C(C)C(=O)OC1(C)OCC1CC. The molecule has 1 saturated heterocycles. The Morgan fingerprint density at radius 2 is 2.38 bits per heavy atom. The fourth-order valence-electron chi connectivity index (χ4n) is 1.31. The van der Waals surface area contributed by atoms with Crippen molar-refractivity contribution in [2.75, 3.05) is 6.61 Å². The van der Waals surface area contributed by atoms with Crippen LogP contribution in [0.3, 0.4) is 0 Å². The lowest BCUT2D eigenvalue weighted by atomic mass is 9.92. The summed E-state index contributed by atoms with van der Waals surface area (Å²) < 4.78 is 10.4. The molecule has 0 N–H and O–H groups in total. The molecule has 0 aromatic rings. The highest BCUT2D eigenvalue weighted by molar-refractivity contribution is 5.87. The fourth-order valence-corrected chi connectivity index (χ4v) is 1.31. The van der Waals surface area contributed by atoms with Crippen LogP contribution in [0.2, 0.25) is 0 Å². The molecule has 0 bridgehead atoms. The van der Waals surface area contributed by atoms with Gasteiger partial charge < -0.3 is 9.47 Å². The van der Waals surface area contributed by atoms with Gasteiger partial charge in [0.25, 0.3) is 0 Å². The molecule has 1 aliphatic rings. The van der Waals surface area contributed by atoms with Crippen molar-refractivity contribution in [3.63, 3.8) is 0 Å². The van der Waals surface area contributed by atoms with Gasteiger partial charge in [-0.3, -0.25) is 0 Å². The first kappa shape index (κ1) is 10.3. The van der Waals surface area contributed by atoms with Crippen LogP contribution in [0.15, 0.2) is 12.2 Å². The number of carbonyl (C=O) groups is 1. The molecule has 1 rings (SSSR count). The maximum atomic E-state index is 11.2. The molecule has 3 nitrogen and oxygen atoms in total. The van der Waals surface area contributed by atoms with Gasteiger partial charge in [-0.2, -0.15) is 0 Å². The predicted molar refractivity (Wildman–Crippen MR) is 49.0 cm³/mol. The Kier molecular flexibility index (Phi) is 2.76. The van der Waals surface area contributed by atoms with Crippen molar-refractivity contribution in [1.29, 1.82) is 0 Å². The molecule has 2 atom stereocenters. The van der Waals surface area contributed by atoms with Crippen LogP contribution in [0.5, 0.6) is 0 Å². The molecule has 0 aliphatic carbocycles. The van der Waals surface area contributed by atoms with Gasteiger partial charge in [0.2, 0.25) is 5.79 Å². The lowest BCUT2D eigenvalue weighted by Crippen LogP contribution is -2.54. The lowest BCUT2D eigenvalue weighted by molar-refractivity contribution is -0.319. The summed E-state index contributed by atoms with van der Waals surface area (Å²) in [6.07, 6.45) is 0.958. The minimum Gasteiger partial charge on any atom is -0.430 e. The summed E-state index contributed by atoms with van der Waals surface area (Å²) in [5, 5.41) is 0. The van der Waals surface area contributed by atoms with Crippen LogP contribution in [-0.4, -0.2) is 18.4 Å². The van der Waals surface area contributed by atoms with Crippen molar-refractivity contribution in [3.05, 3.63) is 12.2 Å². The quantitative estimate of drug-likeness (QED) is 0.496. The first-order valence-electron chi connectivity index (χ1n) is 4.52. The lowest BCUT2D eigenvalue weighted by Gasteiger charge is -2.45. The summed E-state index contributed by atoms with van der Waals surface area (Å²) in [6, 6.07) is 0. The molecule has 3 heteroatoms. The van der Waals surface area contributed by atoms with Gasteiger partial charge in [0.05, 0.1) is 6.61 Å². The van der Waals surface area contributed by atoms with Gasteiger partial charge in [0.15, 0.2) is 0 Å². The van der Waals surface area contributed by atoms with E-state index in [0.29, 0.717) is 18.1 Å². The summed E-state index contributed by atoms with van der Waals surface area (Å²) in [7, 11) is 0. The van der Waals surface area contributed by atoms with Crippen molar-refractivity contribution in [3.8, 4) is 0 Å². The van der Waals surface area contributed by atoms with E-state index in [-0.39, 0.29) is 5.97 Å². The van der Waals surface area contributed by atoms with Gasteiger partial charge in [0.1, 0.15) is 0 Å². The fraction of sp³-hybridized carbons (Fsp3) is 0.700. The van der Waals surface area contributed by atoms with Crippen LogP contribution >= 0.6 is 0 Å². The molecule has 1 aliphatic heterocycles. The average Bonchev–Trinajstić information content (AvgIpc) is 2.03. The highest BCUT2D eigenvalue weighted by Gasteiger charge is 2.46. The van der Waals surface area contributed by atoms with E-state index in [1.165, 1.54) is 0 Å². The molecular weight excluding hydrogens is 168 g/mol. The third-order valence-electron chi connectivity index (χ3n) is 2.45. The van der Waals surface area contributed by atoms with E-state index in [1.807, 2.05) is 0 Å². The number of carbonyl (C=O) groups excluding carboxylic acids is 1. The number of hydrogen-bond acceptors (Lipinski definition) is 3. The van der Waals surface area contributed by atoms with Gasteiger partial charge in [-0.1, -0.05) is 13.5 Å². The molecular formula is C10H16O3. The summed E-state index contributed by atoms with van der Waals surface area (Å²) in [5.41, 5.74) is 0.409. The van der Waals surface area contributed by atoms with Crippen molar-refractivity contribution < 1.29 is 14.3 Å². The Morgan fingerprint density at radius 3 is 2.69 bits per heavy atom. The summed E-state index contributed by atoms with van der Waals surface area (Å²) >= 11 is 0. The van der Waals surface area contributed by atoms with E-state index in [4.69, 9.17) is 9.47 Å². The summed E-state index contributed by atoms with van der Waals surface area (Å²) in [5.74, 6) is -0.776. The Morgan fingerprint density at radius 1 is 1.77 bits per heavy atom. The third-order valence-corrected chi connectivity index (χ3v) is 2.45. The molecule has 0 saturated carbocycles. The standard InChI is InChI=1S/C10H16O3/c1-5-8-6-12-10(8,4)13-9(11)7(2)3/h8H,2,5-6H2,1,3-4H3. The molecule has 0 aromatic carbocycles. The number of esters is 1. The molecule has 0 radical (unpaired) electrons. The Hall–Kier alpha value is -0.830. The Labute approximate surface area is 78.7 Å². The van der Waals surface area contributed by atoms with Crippen LogP contribution in [-0.2, 0) is 14.3 Å². The van der Waals surface area contributed by atoms with Crippen molar-refractivity contribution in [2.45, 2.75) is 33.0 Å². The van der Waals surface area contributed by atoms with Crippen LogP contribution in [0.1, 0.15) is 27.2 Å². The molecule has 13 heavy (non-hydrogen) atoms. The van der Waals surface area contributed by atoms with Crippen LogP contribution in [0.4, 0.5) is 0 Å². The second kappa shape index (κ2) is 3.50. The van der Waals surface area contributed by atoms with E-state index in [1.54, 1.807) is 13.8 Å². The van der Waals surface area contributed by atoms with Crippen LogP contribution in [0, 0.1) is 5.92 Å². The normalized spacial score (nSPS) is 32.1.